The number of carbonyl (C=O) groups excluding carboxylic acids is 1. The van der Waals surface area contributed by atoms with Crippen LogP contribution in [0.2, 0.25) is 0 Å². The number of aromatic nitrogens is 4. The summed E-state index contributed by atoms with van der Waals surface area (Å²) in [5.41, 5.74) is 1.88. The quantitative estimate of drug-likeness (QED) is 0.609. The molecule has 2 N–H and O–H groups in total. The molecule has 1 saturated heterocycles. The van der Waals surface area contributed by atoms with Crippen LogP contribution in [0.1, 0.15) is 38.3 Å². The molecule has 1 aliphatic rings. The number of nitrogens with zero attached hydrogens (tertiary/aromatic N) is 5. The van der Waals surface area contributed by atoms with Gasteiger partial charge in [0.2, 0.25) is 11.9 Å². The van der Waals surface area contributed by atoms with Crippen molar-refractivity contribution >= 4 is 17.7 Å². The average Bonchev–Trinajstić information content (AvgIpc) is 3.35. The zero-order valence-electron chi connectivity index (χ0n) is 18.0. The van der Waals surface area contributed by atoms with Gasteiger partial charge in [-0.1, -0.05) is 12.1 Å². The number of halogens is 2. The molecule has 1 aliphatic heterocycles. The highest BCUT2D eigenvalue weighted by molar-refractivity contribution is 5.95. The molecular weight excluding hydrogens is 418 g/mol. The van der Waals surface area contributed by atoms with Crippen molar-refractivity contribution in [3.63, 3.8) is 0 Å². The minimum atomic E-state index is -0.835. The molecule has 168 valence electrons. The van der Waals surface area contributed by atoms with E-state index in [0.29, 0.717) is 17.5 Å². The lowest BCUT2D eigenvalue weighted by molar-refractivity contribution is -0.117. The van der Waals surface area contributed by atoms with Crippen LogP contribution in [0.3, 0.4) is 0 Å². The summed E-state index contributed by atoms with van der Waals surface area (Å²) >= 11 is 0. The molecule has 0 saturated carbocycles. The lowest BCUT2D eigenvalue weighted by atomic mass is 10.0. The Morgan fingerprint density at radius 3 is 2.62 bits per heavy atom. The van der Waals surface area contributed by atoms with E-state index in [9.17, 15) is 18.7 Å². The van der Waals surface area contributed by atoms with Crippen LogP contribution in [0.4, 0.5) is 20.5 Å². The van der Waals surface area contributed by atoms with E-state index in [1.165, 1.54) is 11.0 Å². The third-order valence-corrected chi connectivity index (χ3v) is 5.62. The molecule has 1 aromatic carbocycles. The molecule has 32 heavy (non-hydrogen) atoms. The number of rotatable bonds is 6. The number of nitrogens with one attached hydrogen (secondary N) is 1. The summed E-state index contributed by atoms with van der Waals surface area (Å²) in [4.78, 5) is 21.6. The Balaban J connectivity index is 1.57. The van der Waals surface area contributed by atoms with Gasteiger partial charge in [0.15, 0.2) is 11.6 Å². The summed E-state index contributed by atoms with van der Waals surface area (Å²) in [7, 11) is 1.79. The Morgan fingerprint density at radius 2 is 1.97 bits per heavy atom. The second-order valence-electron chi connectivity index (χ2n) is 7.98. The fourth-order valence-electron chi connectivity index (χ4n) is 3.93. The third kappa shape index (κ3) is 4.18. The van der Waals surface area contributed by atoms with Crippen molar-refractivity contribution in [1.29, 1.82) is 0 Å². The minimum Gasteiger partial charge on any atom is -0.391 e. The van der Waals surface area contributed by atoms with Gasteiger partial charge in [-0.3, -0.25) is 14.4 Å². The predicted octanol–water partition coefficient (Wildman–Crippen LogP) is 3.20. The molecule has 3 heterocycles. The zero-order chi connectivity index (χ0) is 23.0. The number of carbonyl (C=O) groups is 1. The molecule has 3 atom stereocenters. The van der Waals surface area contributed by atoms with Gasteiger partial charge in [-0.05, 0) is 31.9 Å². The van der Waals surface area contributed by atoms with Crippen LogP contribution in [-0.2, 0) is 11.8 Å². The van der Waals surface area contributed by atoms with Crippen LogP contribution >= 0.6 is 0 Å². The van der Waals surface area contributed by atoms with E-state index >= 15 is 0 Å². The van der Waals surface area contributed by atoms with Crippen LogP contribution in [0.15, 0.2) is 36.8 Å². The highest BCUT2D eigenvalue weighted by Crippen LogP contribution is 2.31. The Bertz CT molecular complexity index is 1150. The van der Waals surface area contributed by atoms with E-state index in [-0.39, 0.29) is 24.1 Å². The van der Waals surface area contributed by atoms with Gasteiger partial charge in [-0.2, -0.15) is 10.1 Å². The highest BCUT2D eigenvalue weighted by Gasteiger charge is 2.37. The summed E-state index contributed by atoms with van der Waals surface area (Å²) in [5, 5.41) is 17.0. The van der Waals surface area contributed by atoms with E-state index in [0.717, 1.165) is 11.8 Å². The first-order valence-electron chi connectivity index (χ1n) is 10.3. The van der Waals surface area contributed by atoms with Gasteiger partial charge in [-0.25, -0.2) is 13.8 Å². The minimum absolute atomic E-state index is 0.0497. The molecule has 2 aromatic heterocycles. The number of amides is 1. The molecule has 1 amide bonds. The van der Waals surface area contributed by atoms with Crippen molar-refractivity contribution in [2.75, 3.05) is 10.2 Å². The van der Waals surface area contributed by atoms with E-state index in [4.69, 9.17) is 0 Å². The fourth-order valence-corrected chi connectivity index (χ4v) is 3.93. The highest BCUT2D eigenvalue weighted by atomic mass is 19.1. The standard InChI is InChI=1S/C22H24F2N6O2/c1-12(16-5-4-14(8-17(16)23)15-9-26-29(3)11-15)27-22-25-10-18(24)21(28-22)30-19(13(2)31)6-7-20(30)32/h4-5,8-13,19,31H,6-7H2,1-3H3,(H,25,27,28)/t12-,13+,19+/m0/s1. The Hall–Kier alpha value is -3.40. The van der Waals surface area contributed by atoms with Gasteiger partial charge >= 0.3 is 0 Å². The number of hydrogen-bond acceptors (Lipinski definition) is 6. The number of aryl methyl sites for hydroxylation is 1. The van der Waals surface area contributed by atoms with Gasteiger partial charge in [0.1, 0.15) is 5.82 Å². The molecule has 0 aliphatic carbocycles. The van der Waals surface area contributed by atoms with E-state index < -0.39 is 29.8 Å². The first-order chi connectivity index (χ1) is 15.2. The summed E-state index contributed by atoms with van der Waals surface area (Å²) in [6.07, 6.45) is 4.19. The second-order valence-corrected chi connectivity index (χ2v) is 7.98. The van der Waals surface area contributed by atoms with Gasteiger partial charge in [0, 0.05) is 30.8 Å². The maximum absolute atomic E-state index is 14.8. The number of aliphatic hydroxyl groups is 1. The van der Waals surface area contributed by atoms with Crippen LogP contribution in [0.5, 0.6) is 0 Å². The van der Waals surface area contributed by atoms with Crippen LogP contribution in [0.25, 0.3) is 11.1 Å². The molecule has 0 radical (unpaired) electrons. The fraction of sp³-hybridized carbons (Fsp3) is 0.364. The molecule has 1 fully saturated rings. The van der Waals surface area contributed by atoms with Gasteiger partial charge in [-0.15, -0.1) is 0 Å². The van der Waals surface area contributed by atoms with Crippen LogP contribution < -0.4 is 10.2 Å². The second kappa shape index (κ2) is 8.62. The summed E-state index contributed by atoms with van der Waals surface area (Å²) < 4.78 is 30.9. The Morgan fingerprint density at radius 1 is 1.19 bits per heavy atom. The van der Waals surface area contributed by atoms with E-state index in [2.05, 4.69) is 20.4 Å². The lowest BCUT2D eigenvalue weighted by Crippen LogP contribution is -2.41. The van der Waals surface area contributed by atoms with Crippen molar-refractivity contribution in [3.8, 4) is 11.1 Å². The molecule has 0 spiro atoms. The first-order valence-corrected chi connectivity index (χ1v) is 10.3. The maximum Gasteiger partial charge on any atom is 0.228 e. The third-order valence-electron chi connectivity index (χ3n) is 5.62. The summed E-state index contributed by atoms with van der Waals surface area (Å²) in [6, 6.07) is 3.79. The van der Waals surface area contributed by atoms with Crippen molar-refractivity contribution in [3.05, 3.63) is 54.0 Å². The van der Waals surface area contributed by atoms with Crippen molar-refractivity contribution in [2.24, 2.45) is 7.05 Å². The van der Waals surface area contributed by atoms with Crippen LogP contribution in [-0.4, -0.2) is 42.9 Å². The number of benzene rings is 1. The van der Waals surface area contributed by atoms with Crippen LogP contribution in [0, 0.1) is 11.6 Å². The lowest BCUT2D eigenvalue weighted by Gasteiger charge is -2.26. The molecule has 3 aromatic rings. The van der Waals surface area contributed by atoms with E-state index in [1.54, 1.807) is 50.1 Å². The van der Waals surface area contributed by atoms with Crippen molar-refractivity contribution in [2.45, 2.75) is 44.9 Å². The normalized spacial score (nSPS) is 18.1. The molecule has 0 unspecified atom stereocenters. The van der Waals surface area contributed by atoms with Gasteiger partial charge in [0.25, 0.3) is 0 Å². The summed E-state index contributed by atoms with van der Waals surface area (Å²) in [6.45, 7) is 3.28. The number of aliphatic hydroxyl groups excluding tert-OH is 1. The number of hydrogen-bond donors (Lipinski definition) is 2. The topological polar surface area (TPSA) is 96.2 Å². The molecular formula is C22H24F2N6O2. The number of anilines is 2. The largest absolute Gasteiger partial charge is 0.391 e. The predicted molar refractivity (Wildman–Crippen MR) is 115 cm³/mol. The smallest absolute Gasteiger partial charge is 0.228 e. The van der Waals surface area contributed by atoms with E-state index in [1.807, 2.05) is 0 Å². The Labute approximate surface area is 183 Å². The molecule has 10 heteroatoms. The molecule has 0 bridgehead atoms. The summed E-state index contributed by atoms with van der Waals surface area (Å²) in [5.74, 6) is -1.65. The monoisotopic (exact) mass is 442 g/mol. The Kier molecular flexibility index (Phi) is 5.88. The van der Waals surface area contributed by atoms with Gasteiger partial charge < -0.3 is 10.4 Å². The zero-order valence-corrected chi connectivity index (χ0v) is 18.0. The molecule has 8 nitrogen and oxygen atoms in total. The first kappa shape index (κ1) is 21.8. The maximum atomic E-state index is 14.8. The van der Waals surface area contributed by atoms with Crippen molar-refractivity contribution in [1.82, 2.24) is 19.7 Å². The SMILES string of the molecule is C[C@H](Nc1ncc(F)c(N2C(=O)CC[C@@H]2[C@@H](C)O)n1)c1ccc(-c2cnn(C)c2)cc1F. The molecule has 4 rings (SSSR count). The van der Waals surface area contributed by atoms with Crippen molar-refractivity contribution < 1.29 is 18.7 Å². The van der Waals surface area contributed by atoms with Gasteiger partial charge in [0.05, 0.1) is 30.6 Å². The average molecular weight is 442 g/mol.